The van der Waals surface area contributed by atoms with Crippen molar-refractivity contribution in [2.45, 2.75) is 13.3 Å². The van der Waals surface area contributed by atoms with E-state index < -0.39 is 0 Å². The summed E-state index contributed by atoms with van der Waals surface area (Å²) in [5.41, 5.74) is 3.84. The van der Waals surface area contributed by atoms with Crippen molar-refractivity contribution >= 4 is 17.7 Å². The Balaban J connectivity index is 2.28. The van der Waals surface area contributed by atoms with Crippen molar-refractivity contribution in [3.05, 3.63) is 35.4 Å². The summed E-state index contributed by atoms with van der Waals surface area (Å²) < 4.78 is 4.37. The molecule has 1 aliphatic heterocycles. The maximum atomic E-state index is 4.37. The number of nitrogens with zero attached hydrogens (tertiary/aromatic N) is 1. The molecule has 1 aliphatic rings. The Labute approximate surface area is 77.0 Å². The van der Waals surface area contributed by atoms with Crippen molar-refractivity contribution in [2.24, 2.45) is 4.40 Å². The summed E-state index contributed by atoms with van der Waals surface area (Å²) in [6.45, 7) is 2.11. The van der Waals surface area contributed by atoms with Crippen LogP contribution in [-0.2, 0) is 0 Å². The molecule has 0 fully saturated rings. The summed E-state index contributed by atoms with van der Waals surface area (Å²) in [6, 6.07) is 8.59. The average Bonchev–Trinajstić information content (AvgIpc) is 2.58. The molecular weight excluding hydrogens is 166 g/mol. The first kappa shape index (κ1) is 7.87. The van der Waals surface area contributed by atoms with E-state index in [4.69, 9.17) is 0 Å². The van der Waals surface area contributed by atoms with E-state index in [9.17, 15) is 0 Å². The zero-order valence-electron chi connectivity index (χ0n) is 7.08. The minimum absolute atomic E-state index is 1.12. The fourth-order valence-corrected chi connectivity index (χ4v) is 1.98. The topological polar surface area (TPSA) is 12.4 Å². The molecule has 0 unspecified atom stereocenters. The van der Waals surface area contributed by atoms with Crippen molar-refractivity contribution in [2.75, 3.05) is 5.75 Å². The van der Waals surface area contributed by atoms with Gasteiger partial charge < -0.3 is 0 Å². The third-order valence-electron chi connectivity index (χ3n) is 1.99. The number of rotatable bonds is 1. The van der Waals surface area contributed by atoms with E-state index in [0.717, 1.165) is 12.2 Å². The molecule has 0 bridgehead atoms. The Bertz CT molecular complexity index is 300. The second kappa shape index (κ2) is 3.31. The van der Waals surface area contributed by atoms with Gasteiger partial charge in [-0.2, -0.15) is 0 Å². The predicted molar refractivity (Wildman–Crippen MR) is 54.8 cm³/mol. The van der Waals surface area contributed by atoms with Crippen LogP contribution in [0, 0.1) is 6.92 Å². The summed E-state index contributed by atoms with van der Waals surface area (Å²) >= 11 is 1.67. The van der Waals surface area contributed by atoms with Crippen LogP contribution in [-0.4, -0.2) is 11.5 Å². The molecule has 1 heterocycles. The molecule has 0 spiro atoms. The molecule has 0 amide bonds. The van der Waals surface area contributed by atoms with Crippen LogP contribution in [0.1, 0.15) is 17.5 Å². The van der Waals surface area contributed by atoms with Crippen LogP contribution in [0.2, 0.25) is 0 Å². The fourth-order valence-electron chi connectivity index (χ4n) is 1.25. The minimum Gasteiger partial charge on any atom is -0.221 e. The average molecular weight is 177 g/mol. The molecule has 0 radical (unpaired) electrons. The van der Waals surface area contributed by atoms with Gasteiger partial charge in [0.2, 0.25) is 0 Å². The summed E-state index contributed by atoms with van der Waals surface area (Å²) in [6.07, 6.45) is 1.12. The molecule has 12 heavy (non-hydrogen) atoms. The standard InChI is InChI=1S/C10H11NS/c1-8-2-4-9(5-3-8)10-6-7-12-11-10/h2-5H,6-7H2,1H3. The van der Waals surface area contributed by atoms with Crippen LogP contribution >= 0.6 is 11.9 Å². The quantitative estimate of drug-likeness (QED) is 0.601. The van der Waals surface area contributed by atoms with Crippen LogP contribution in [0.25, 0.3) is 0 Å². The number of hydrogen-bond donors (Lipinski definition) is 0. The summed E-state index contributed by atoms with van der Waals surface area (Å²) in [4.78, 5) is 0. The Morgan fingerprint density at radius 1 is 1.25 bits per heavy atom. The smallest absolute Gasteiger partial charge is 0.0567 e. The van der Waals surface area contributed by atoms with Gasteiger partial charge in [-0.15, -0.1) is 0 Å². The first-order valence-corrected chi connectivity index (χ1v) is 5.06. The third kappa shape index (κ3) is 1.53. The van der Waals surface area contributed by atoms with Gasteiger partial charge in [-0.3, -0.25) is 0 Å². The van der Waals surface area contributed by atoms with E-state index in [1.807, 2.05) is 0 Å². The molecule has 0 atom stereocenters. The van der Waals surface area contributed by atoms with Crippen LogP contribution in [0.4, 0.5) is 0 Å². The maximum absolute atomic E-state index is 4.37. The number of aryl methyl sites for hydroxylation is 1. The Morgan fingerprint density at radius 3 is 2.58 bits per heavy atom. The van der Waals surface area contributed by atoms with E-state index in [1.54, 1.807) is 11.9 Å². The van der Waals surface area contributed by atoms with Gasteiger partial charge >= 0.3 is 0 Å². The predicted octanol–water partition coefficient (Wildman–Crippen LogP) is 2.84. The zero-order chi connectivity index (χ0) is 8.39. The maximum Gasteiger partial charge on any atom is 0.0567 e. The van der Waals surface area contributed by atoms with Crippen molar-refractivity contribution in [3.63, 3.8) is 0 Å². The van der Waals surface area contributed by atoms with E-state index in [0.29, 0.717) is 0 Å². The van der Waals surface area contributed by atoms with E-state index in [-0.39, 0.29) is 0 Å². The van der Waals surface area contributed by atoms with Crippen molar-refractivity contribution in [3.8, 4) is 0 Å². The summed E-state index contributed by atoms with van der Waals surface area (Å²) in [5, 5.41) is 0. The van der Waals surface area contributed by atoms with Gasteiger partial charge in [0.1, 0.15) is 0 Å². The second-order valence-electron chi connectivity index (χ2n) is 2.99. The Hall–Kier alpha value is -0.760. The van der Waals surface area contributed by atoms with E-state index in [2.05, 4.69) is 35.6 Å². The lowest BCUT2D eigenvalue weighted by atomic mass is 10.1. The molecule has 1 nitrogen and oxygen atoms in total. The highest BCUT2D eigenvalue weighted by Crippen LogP contribution is 2.19. The molecule has 2 heteroatoms. The zero-order valence-corrected chi connectivity index (χ0v) is 7.90. The summed E-state index contributed by atoms with van der Waals surface area (Å²) in [7, 11) is 0. The molecule has 62 valence electrons. The van der Waals surface area contributed by atoms with Crippen molar-refractivity contribution in [1.82, 2.24) is 0 Å². The van der Waals surface area contributed by atoms with Gasteiger partial charge in [0.25, 0.3) is 0 Å². The molecule has 0 N–H and O–H groups in total. The highest BCUT2D eigenvalue weighted by atomic mass is 32.2. The lowest BCUT2D eigenvalue weighted by molar-refractivity contribution is 1.33. The normalized spacial score (nSPS) is 16.2. The van der Waals surface area contributed by atoms with Crippen LogP contribution in [0.3, 0.4) is 0 Å². The monoisotopic (exact) mass is 177 g/mol. The highest BCUT2D eigenvalue weighted by Gasteiger charge is 2.08. The number of benzene rings is 1. The first-order valence-electron chi connectivity index (χ1n) is 4.12. The highest BCUT2D eigenvalue weighted by molar-refractivity contribution is 7.98. The van der Waals surface area contributed by atoms with Crippen molar-refractivity contribution < 1.29 is 0 Å². The molecule has 1 aromatic carbocycles. The summed E-state index contributed by atoms with van der Waals surface area (Å²) in [5.74, 6) is 1.14. The second-order valence-corrected chi connectivity index (χ2v) is 3.84. The van der Waals surface area contributed by atoms with Gasteiger partial charge in [0.15, 0.2) is 0 Å². The van der Waals surface area contributed by atoms with E-state index in [1.165, 1.54) is 16.8 Å². The molecule has 0 saturated carbocycles. The lowest BCUT2D eigenvalue weighted by Crippen LogP contribution is -1.96. The lowest BCUT2D eigenvalue weighted by Gasteiger charge is -1.98. The van der Waals surface area contributed by atoms with Gasteiger partial charge in [0.05, 0.1) is 5.71 Å². The first-order chi connectivity index (χ1) is 5.86. The van der Waals surface area contributed by atoms with Gasteiger partial charge in [0, 0.05) is 12.2 Å². The van der Waals surface area contributed by atoms with Gasteiger partial charge in [-0.05, 0) is 24.4 Å². The minimum atomic E-state index is 1.12. The Morgan fingerprint density at radius 2 is 2.00 bits per heavy atom. The number of hydrogen-bond acceptors (Lipinski definition) is 2. The largest absolute Gasteiger partial charge is 0.221 e. The van der Waals surface area contributed by atoms with Crippen LogP contribution in [0.5, 0.6) is 0 Å². The third-order valence-corrected chi connectivity index (χ3v) is 2.73. The van der Waals surface area contributed by atoms with Gasteiger partial charge in [-0.1, -0.05) is 29.8 Å². The SMILES string of the molecule is Cc1ccc(C2=NSCC2)cc1. The van der Waals surface area contributed by atoms with Gasteiger partial charge in [-0.25, -0.2) is 4.40 Å². The van der Waals surface area contributed by atoms with Crippen LogP contribution in [0.15, 0.2) is 28.7 Å². The molecule has 2 rings (SSSR count). The molecule has 1 aromatic rings. The van der Waals surface area contributed by atoms with Crippen LogP contribution < -0.4 is 0 Å². The molecule has 0 aromatic heterocycles. The molecule has 0 aliphatic carbocycles. The molecule has 0 saturated heterocycles. The van der Waals surface area contributed by atoms with Crippen molar-refractivity contribution in [1.29, 1.82) is 0 Å². The fraction of sp³-hybridized carbons (Fsp3) is 0.300. The Kier molecular flexibility index (Phi) is 2.17. The van der Waals surface area contributed by atoms with E-state index >= 15 is 0 Å². The molecular formula is C10H11NS.